The van der Waals surface area contributed by atoms with Gasteiger partial charge in [0.1, 0.15) is 12.1 Å². The molecule has 2 N–H and O–H groups in total. The Hall–Kier alpha value is -3.04. The number of anilines is 1. The van der Waals surface area contributed by atoms with Crippen molar-refractivity contribution < 1.29 is 13.2 Å². The van der Waals surface area contributed by atoms with Gasteiger partial charge in [0.2, 0.25) is 10.0 Å². The summed E-state index contributed by atoms with van der Waals surface area (Å²) in [5.74, 6) is 0.312. The van der Waals surface area contributed by atoms with E-state index in [1.165, 1.54) is 18.3 Å². The van der Waals surface area contributed by atoms with Gasteiger partial charge in [0, 0.05) is 30.3 Å². The van der Waals surface area contributed by atoms with Crippen LogP contribution in [0.5, 0.6) is 0 Å². The highest BCUT2D eigenvalue weighted by Crippen LogP contribution is 2.15. The molecule has 1 amide bonds. The van der Waals surface area contributed by atoms with Gasteiger partial charge in [-0.05, 0) is 50.2 Å². The molecule has 0 fully saturated rings. The van der Waals surface area contributed by atoms with Crippen molar-refractivity contribution in [2.45, 2.75) is 24.8 Å². The molecule has 9 heteroatoms. The van der Waals surface area contributed by atoms with Crippen LogP contribution in [0.4, 0.5) is 5.69 Å². The quantitative estimate of drug-likeness (QED) is 0.677. The Morgan fingerprint density at radius 1 is 1.11 bits per heavy atom. The average Bonchev–Trinajstić information content (AvgIpc) is 3.16. The molecular formula is C18H19N5O3S. The molecule has 0 spiro atoms. The summed E-state index contributed by atoms with van der Waals surface area (Å²) < 4.78 is 28.5. The van der Waals surface area contributed by atoms with Crippen LogP contribution in [0.25, 0.3) is 5.82 Å². The van der Waals surface area contributed by atoms with Gasteiger partial charge in [-0.3, -0.25) is 9.36 Å². The predicted octanol–water partition coefficient (Wildman–Crippen LogP) is 2.21. The summed E-state index contributed by atoms with van der Waals surface area (Å²) in [4.78, 5) is 20.7. The van der Waals surface area contributed by atoms with Crippen molar-refractivity contribution >= 4 is 21.6 Å². The van der Waals surface area contributed by atoms with E-state index in [1.807, 2.05) is 0 Å². The first-order valence-electron chi connectivity index (χ1n) is 8.23. The van der Waals surface area contributed by atoms with Gasteiger partial charge < -0.3 is 5.32 Å². The highest BCUT2D eigenvalue weighted by atomic mass is 32.2. The van der Waals surface area contributed by atoms with Crippen LogP contribution >= 0.6 is 0 Å². The molecule has 0 bridgehead atoms. The van der Waals surface area contributed by atoms with Crippen LogP contribution in [0.15, 0.2) is 66.2 Å². The number of carbonyl (C=O) groups is 1. The van der Waals surface area contributed by atoms with E-state index in [0.717, 1.165) is 0 Å². The molecule has 3 rings (SSSR count). The van der Waals surface area contributed by atoms with E-state index in [-0.39, 0.29) is 16.8 Å². The number of hydrogen-bond acceptors (Lipinski definition) is 5. The van der Waals surface area contributed by atoms with Crippen LogP contribution < -0.4 is 10.0 Å². The second-order valence-electron chi connectivity index (χ2n) is 6.13. The lowest BCUT2D eigenvalue weighted by Gasteiger charge is -2.10. The van der Waals surface area contributed by atoms with E-state index in [0.29, 0.717) is 17.1 Å². The Balaban J connectivity index is 1.69. The van der Waals surface area contributed by atoms with Gasteiger partial charge in [-0.2, -0.15) is 0 Å². The smallest absolute Gasteiger partial charge is 0.257 e. The number of pyridine rings is 1. The molecule has 0 saturated carbocycles. The van der Waals surface area contributed by atoms with E-state index in [4.69, 9.17) is 0 Å². The number of amides is 1. The standard InChI is InChI=1S/C18H19N5O3S/c1-13(2)22-27(25,26)16-6-4-15(5-7-16)21-18(24)14-3-8-17(20-11-14)23-10-9-19-12-23/h3-13,22H,1-2H3,(H,21,24). The van der Waals surface area contributed by atoms with Gasteiger partial charge in [-0.25, -0.2) is 23.1 Å². The van der Waals surface area contributed by atoms with Crippen molar-refractivity contribution in [3.05, 3.63) is 66.9 Å². The minimum atomic E-state index is -3.56. The molecule has 27 heavy (non-hydrogen) atoms. The Bertz CT molecular complexity index is 1010. The number of hydrogen-bond donors (Lipinski definition) is 2. The average molecular weight is 385 g/mol. The number of sulfonamides is 1. The second-order valence-corrected chi connectivity index (χ2v) is 7.84. The number of nitrogens with zero attached hydrogens (tertiary/aromatic N) is 3. The number of aromatic nitrogens is 3. The molecule has 0 aliphatic carbocycles. The summed E-state index contributed by atoms with van der Waals surface area (Å²) in [6, 6.07) is 9.14. The SMILES string of the molecule is CC(C)NS(=O)(=O)c1ccc(NC(=O)c2ccc(-n3ccnc3)nc2)cc1. The zero-order valence-corrected chi connectivity index (χ0v) is 15.6. The largest absolute Gasteiger partial charge is 0.322 e. The fourth-order valence-corrected chi connectivity index (χ4v) is 3.62. The van der Waals surface area contributed by atoms with Crippen LogP contribution in [-0.4, -0.2) is 34.9 Å². The summed E-state index contributed by atoms with van der Waals surface area (Å²) in [7, 11) is -3.56. The van der Waals surface area contributed by atoms with E-state index in [2.05, 4.69) is 20.0 Å². The van der Waals surface area contributed by atoms with Crippen molar-refractivity contribution in [1.82, 2.24) is 19.3 Å². The van der Waals surface area contributed by atoms with Crippen molar-refractivity contribution in [2.24, 2.45) is 0 Å². The normalized spacial score (nSPS) is 11.5. The zero-order valence-electron chi connectivity index (χ0n) is 14.8. The van der Waals surface area contributed by atoms with E-state index >= 15 is 0 Å². The zero-order chi connectivity index (χ0) is 19.4. The fraction of sp³-hybridized carbons (Fsp3) is 0.167. The molecule has 8 nitrogen and oxygen atoms in total. The van der Waals surface area contributed by atoms with Gasteiger partial charge in [-0.1, -0.05) is 0 Å². The maximum absolute atomic E-state index is 12.3. The number of nitrogens with one attached hydrogen (secondary N) is 2. The maximum Gasteiger partial charge on any atom is 0.257 e. The maximum atomic E-state index is 12.3. The van der Waals surface area contributed by atoms with E-state index < -0.39 is 10.0 Å². The summed E-state index contributed by atoms with van der Waals surface area (Å²) >= 11 is 0. The molecule has 0 radical (unpaired) electrons. The lowest BCUT2D eigenvalue weighted by atomic mass is 10.2. The third kappa shape index (κ3) is 4.57. The molecule has 0 aliphatic heterocycles. The van der Waals surface area contributed by atoms with Crippen LogP contribution in [0, 0.1) is 0 Å². The van der Waals surface area contributed by atoms with Gasteiger partial charge in [0.05, 0.1) is 10.5 Å². The molecule has 1 aromatic carbocycles. The topological polar surface area (TPSA) is 106 Å². The van der Waals surface area contributed by atoms with Crippen molar-refractivity contribution in [3.63, 3.8) is 0 Å². The molecule has 2 aromatic heterocycles. The highest BCUT2D eigenvalue weighted by molar-refractivity contribution is 7.89. The Morgan fingerprint density at radius 2 is 1.85 bits per heavy atom. The van der Waals surface area contributed by atoms with Crippen molar-refractivity contribution in [2.75, 3.05) is 5.32 Å². The monoisotopic (exact) mass is 385 g/mol. The number of carbonyl (C=O) groups excluding carboxylic acids is 1. The fourth-order valence-electron chi connectivity index (χ4n) is 2.37. The van der Waals surface area contributed by atoms with Gasteiger partial charge in [0.15, 0.2) is 0 Å². The summed E-state index contributed by atoms with van der Waals surface area (Å²) in [6.45, 7) is 3.50. The molecule has 0 unspecified atom stereocenters. The summed E-state index contributed by atoms with van der Waals surface area (Å²) in [5.41, 5.74) is 0.874. The van der Waals surface area contributed by atoms with Gasteiger partial charge in [0.25, 0.3) is 5.91 Å². The molecular weight excluding hydrogens is 366 g/mol. The van der Waals surface area contributed by atoms with Crippen LogP contribution in [0.1, 0.15) is 24.2 Å². The molecule has 2 heterocycles. The van der Waals surface area contributed by atoms with Crippen molar-refractivity contribution in [1.29, 1.82) is 0 Å². The first kappa shape index (κ1) is 18.7. The number of rotatable bonds is 6. The number of imidazole rings is 1. The van der Waals surface area contributed by atoms with Gasteiger partial charge >= 0.3 is 0 Å². The Kier molecular flexibility index (Phi) is 5.33. The molecule has 140 valence electrons. The summed E-state index contributed by atoms with van der Waals surface area (Å²) in [6.07, 6.45) is 6.48. The predicted molar refractivity (Wildman–Crippen MR) is 101 cm³/mol. The molecule has 0 saturated heterocycles. The third-order valence-electron chi connectivity index (χ3n) is 3.59. The molecule has 0 aliphatic rings. The van der Waals surface area contributed by atoms with Crippen molar-refractivity contribution in [3.8, 4) is 5.82 Å². The number of benzene rings is 1. The minimum absolute atomic E-state index is 0.139. The minimum Gasteiger partial charge on any atom is -0.322 e. The Morgan fingerprint density at radius 3 is 2.41 bits per heavy atom. The first-order chi connectivity index (χ1) is 12.8. The lowest BCUT2D eigenvalue weighted by molar-refractivity contribution is 0.102. The van der Waals surface area contributed by atoms with Gasteiger partial charge in [-0.15, -0.1) is 0 Å². The lowest BCUT2D eigenvalue weighted by Crippen LogP contribution is -2.30. The van der Waals surface area contributed by atoms with Crippen LogP contribution in [-0.2, 0) is 10.0 Å². The Labute approximate surface area is 157 Å². The third-order valence-corrected chi connectivity index (χ3v) is 5.27. The molecule has 3 aromatic rings. The van der Waals surface area contributed by atoms with Crippen LogP contribution in [0.3, 0.4) is 0 Å². The van der Waals surface area contributed by atoms with E-state index in [9.17, 15) is 13.2 Å². The summed E-state index contributed by atoms with van der Waals surface area (Å²) in [5, 5.41) is 2.72. The highest BCUT2D eigenvalue weighted by Gasteiger charge is 2.15. The second kappa shape index (κ2) is 7.68. The molecule has 0 atom stereocenters. The van der Waals surface area contributed by atoms with Crippen LogP contribution in [0.2, 0.25) is 0 Å². The first-order valence-corrected chi connectivity index (χ1v) is 9.71. The van der Waals surface area contributed by atoms with E-state index in [1.54, 1.807) is 61.4 Å².